The van der Waals surface area contributed by atoms with E-state index in [4.69, 9.17) is 14.2 Å². The molecule has 0 aromatic heterocycles. The zero-order chi connectivity index (χ0) is 48.1. The molecule has 384 valence electrons. The molecular weight excluding hydrogens is 835 g/mol. The zero-order valence-electron chi connectivity index (χ0n) is 41.9. The van der Waals surface area contributed by atoms with Gasteiger partial charge in [-0.1, -0.05) is 165 Å². The third-order valence-corrected chi connectivity index (χ3v) is 12.4. The van der Waals surface area contributed by atoms with Crippen molar-refractivity contribution >= 4 is 11.9 Å². The second kappa shape index (κ2) is 45.1. The predicted molar refractivity (Wildman–Crippen MR) is 269 cm³/mol. The maximum Gasteiger partial charge on any atom is 0.305 e. The standard InChI is InChI=1S/C55H99NO10/c1-3-5-7-9-11-13-14-15-16-17-18-19-20-23-27-31-35-39-43-51(60)64-44-40-36-32-28-24-21-22-26-30-34-38-42-50(59)56-47(48(58)41-37-33-29-25-12-10-8-6-4-2)46-65-55-54(63)53(62)52(61)49(45-57)66-55/h12,16-17,24-25,28,37,41,47-49,52-55,57-58,61-63H,3-11,13-15,18-23,26-27,29-36,38-40,42-46H2,1-2H3,(H,56,59)/b17-16-,25-12+,28-24-,41-37+. The van der Waals surface area contributed by atoms with Gasteiger partial charge in [-0.3, -0.25) is 9.59 Å². The number of esters is 1. The van der Waals surface area contributed by atoms with Gasteiger partial charge in [0.1, 0.15) is 24.4 Å². The Bertz CT molecular complexity index is 1240. The Morgan fingerprint density at radius 1 is 0.545 bits per heavy atom. The van der Waals surface area contributed by atoms with Crippen molar-refractivity contribution in [2.45, 2.75) is 269 Å². The molecule has 0 aromatic rings. The molecule has 1 amide bonds. The van der Waals surface area contributed by atoms with Crippen molar-refractivity contribution in [2.75, 3.05) is 19.8 Å². The first kappa shape index (κ1) is 61.6. The molecule has 6 N–H and O–H groups in total. The largest absolute Gasteiger partial charge is 0.466 e. The van der Waals surface area contributed by atoms with Crippen LogP contribution in [0.3, 0.4) is 0 Å². The summed E-state index contributed by atoms with van der Waals surface area (Å²) in [5.41, 5.74) is 0. The minimum atomic E-state index is -1.59. The van der Waals surface area contributed by atoms with Crippen LogP contribution in [-0.4, -0.2) is 100 Å². The lowest BCUT2D eigenvalue weighted by Gasteiger charge is -2.40. The Kier molecular flexibility index (Phi) is 42.1. The van der Waals surface area contributed by atoms with Crippen LogP contribution >= 0.6 is 0 Å². The number of hydrogen-bond acceptors (Lipinski definition) is 10. The van der Waals surface area contributed by atoms with Gasteiger partial charge in [-0.2, -0.15) is 0 Å². The Balaban J connectivity index is 2.13. The van der Waals surface area contributed by atoms with Gasteiger partial charge in [0.2, 0.25) is 5.91 Å². The van der Waals surface area contributed by atoms with E-state index in [9.17, 15) is 35.1 Å². The number of allylic oxidation sites excluding steroid dienone is 7. The quantitative estimate of drug-likeness (QED) is 0.0196. The minimum absolute atomic E-state index is 0.0626. The number of carbonyl (C=O) groups is 2. The first-order valence-corrected chi connectivity index (χ1v) is 26.9. The van der Waals surface area contributed by atoms with Gasteiger partial charge in [0.15, 0.2) is 6.29 Å². The summed E-state index contributed by atoms with van der Waals surface area (Å²) in [5.74, 6) is -0.288. The summed E-state index contributed by atoms with van der Waals surface area (Å²) in [7, 11) is 0. The first-order valence-electron chi connectivity index (χ1n) is 26.9. The van der Waals surface area contributed by atoms with Crippen LogP contribution in [-0.2, 0) is 23.8 Å². The smallest absolute Gasteiger partial charge is 0.305 e. The molecule has 1 rings (SSSR count). The molecule has 0 aromatic carbocycles. The highest BCUT2D eigenvalue weighted by molar-refractivity contribution is 5.76. The fourth-order valence-electron chi connectivity index (χ4n) is 8.02. The van der Waals surface area contributed by atoms with E-state index in [1.54, 1.807) is 6.08 Å². The van der Waals surface area contributed by atoms with Gasteiger partial charge in [0.05, 0.1) is 32.0 Å². The van der Waals surface area contributed by atoms with Gasteiger partial charge >= 0.3 is 5.97 Å². The fourth-order valence-corrected chi connectivity index (χ4v) is 8.02. The fraction of sp³-hybridized carbons (Fsp3) is 0.818. The summed E-state index contributed by atoms with van der Waals surface area (Å²) in [6.07, 6.45) is 45.0. The highest BCUT2D eigenvalue weighted by Gasteiger charge is 2.44. The second-order valence-corrected chi connectivity index (χ2v) is 18.6. The lowest BCUT2D eigenvalue weighted by atomic mass is 9.99. The van der Waals surface area contributed by atoms with Gasteiger partial charge in [-0.25, -0.2) is 0 Å². The topological polar surface area (TPSA) is 175 Å². The maximum atomic E-state index is 12.9. The Morgan fingerprint density at radius 3 is 1.53 bits per heavy atom. The molecule has 1 heterocycles. The van der Waals surface area contributed by atoms with E-state index in [1.165, 1.54) is 109 Å². The monoisotopic (exact) mass is 934 g/mol. The number of carbonyl (C=O) groups excluding carboxylic acids is 2. The summed E-state index contributed by atoms with van der Waals surface area (Å²) in [6.45, 7) is 4.15. The number of hydrogen-bond donors (Lipinski definition) is 6. The van der Waals surface area contributed by atoms with Crippen LogP contribution in [0.25, 0.3) is 0 Å². The molecular formula is C55H99NO10. The summed E-state index contributed by atoms with van der Waals surface area (Å²) >= 11 is 0. The van der Waals surface area contributed by atoms with Crippen LogP contribution in [0.1, 0.15) is 226 Å². The number of amides is 1. The lowest BCUT2D eigenvalue weighted by Crippen LogP contribution is -2.60. The van der Waals surface area contributed by atoms with Gasteiger partial charge < -0.3 is 45.1 Å². The van der Waals surface area contributed by atoms with Crippen molar-refractivity contribution in [2.24, 2.45) is 0 Å². The molecule has 11 nitrogen and oxygen atoms in total. The molecule has 0 radical (unpaired) electrons. The third-order valence-electron chi connectivity index (χ3n) is 12.4. The average molecular weight is 934 g/mol. The van der Waals surface area contributed by atoms with E-state index in [-0.39, 0.29) is 18.5 Å². The predicted octanol–water partition coefficient (Wildman–Crippen LogP) is 11.3. The van der Waals surface area contributed by atoms with E-state index < -0.39 is 49.5 Å². The summed E-state index contributed by atoms with van der Waals surface area (Å²) < 4.78 is 16.6. The SMILES string of the molecule is CCCCC/C=C/CC/C=C/C(O)C(COC1OC(CO)C(O)C(O)C1O)NC(=O)CCCCCCC/C=C\CCCCOC(=O)CCCCCCCCC/C=C\CCCCCCCCC. The van der Waals surface area contributed by atoms with E-state index >= 15 is 0 Å². The van der Waals surface area contributed by atoms with Gasteiger partial charge in [-0.15, -0.1) is 0 Å². The Hall–Kier alpha value is -2.38. The number of rotatable bonds is 45. The van der Waals surface area contributed by atoms with Gasteiger partial charge in [0.25, 0.3) is 0 Å². The molecule has 7 unspecified atom stereocenters. The van der Waals surface area contributed by atoms with Crippen molar-refractivity contribution < 1.29 is 49.3 Å². The number of nitrogens with one attached hydrogen (secondary N) is 1. The first-order chi connectivity index (χ1) is 32.2. The van der Waals surface area contributed by atoms with Crippen molar-refractivity contribution in [3.8, 4) is 0 Å². The Morgan fingerprint density at radius 2 is 0.985 bits per heavy atom. The van der Waals surface area contributed by atoms with Crippen molar-refractivity contribution in [1.82, 2.24) is 5.32 Å². The minimum Gasteiger partial charge on any atom is -0.466 e. The van der Waals surface area contributed by atoms with Gasteiger partial charge in [0, 0.05) is 12.8 Å². The van der Waals surface area contributed by atoms with E-state index in [1.807, 2.05) is 6.08 Å². The van der Waals surface area contributed by atoms with Crippen molar-refractivity contribution in [3.05, 3.63) is 48.6 Å². The van der Waals surface area contributed by atoms with Crippen LogP contribution in [0.5, 0.6) is 0 Å². The van der Waals surface area contributed by atoms with Gasteiger partial charge in [-0.05, 0) is 96.3 Å². The molecule has 1 aliphatic rings. The molecule has 0 spiro atoms. The highest BCUT2D eigenvalue weighted by atomic mass is 16.7. The van der Waals surface area contributed by atoms with Crippen LogP contribution in [0, 0.1) is 0 Å². The van der Waals surface area contributed by atoms with Crippen molar-refractivity contribution in [1.29, 1.82) is 0 Å². The molecule has 1 aliphatic heterocycles. The lowest BCUT2D eigenvalue weighted by molar-refractivity contribution is -0.302. The second-order valence-electron chi connectivity index (χ2n) is 18.6. The molecule has 0 saturated carbocycles. The van der Waals surface area contributed by atoms with Crippen molar-refractivity contribution in [3.63, 3.8) is 0 Å². The summed E-state index contributed by atoms with van der Waals surface area (Å²) in [6, 6.07) is -0.848. The zero-order valence-corrected chi connectivity index (χ0v) is 41.9. The molecule has 0 bridgehead atoms. The van der Waals surface area contributed by atoms with E-state index in [0.29, 0.717) is 25.9 Å². The molecule has 7 atom stereocenters. The van der Waals surface area contributed by atoms with E-state index in [0.717, 1.165) is 83.5 Å². The molecule has 1 fully saturated rings. The number of aliphatic hydroxyl groups excluding tert-OH is 5. The van der Waals surface area contributed by atoms with Crippen LogP contribution in [0.2, 0.25) is 0 Å². The number of ether oxygens (including phenoxy) is 3. The maximum absolute atomic E-state index is 12.9. The number of unbranched alkanes of at least 4 members (excludes halogenated alkanes) is 25. The average Bonchev–Trinajstić information content (AvgIpc) is 3.31. The molecule has 11 heteroatoms. The summed E-state index contributed by atoms with van der Waals surface area (Å²) in [4.78, 5) is 25.0. The highest BCUT2D eigenvalue weighted by Crippen LogP contribution is 2.23. The third kappa shape index (κ3) is 34.8. The van der Waals surface area contributed by atoms with Crippen LogP contribution < -0.4 is 5.32 Å². The molecule has 66 heavy (non-hydrogen) atoms. The number of aliphatic hydroxyl groups is 5. The van der Waals surface area contributed by atoms with Crippen LogP contribution in [0.4, 0.5) is 0 Å². The summed E-state index contributed by atoms with van der Waals surface area (Å²) in [5, 5.41) is 54.0. The van der Waals surface area contributed by atoms with E-state index in [2.05, 4.69) is 55.6 Å². The van der Waals surface area contributed by atoms with Crippen LogP contribution in [0.15, 0.2) is 48.6 Å². The molecule has 0 aliphatic carbocycles. The Labute approximate surface area is 402 Å². The molecule has 1 saturated heterocycles. The normalized spacial score (nSPS) is 20.0.